The highest BCUT2D eigenvalue weighted by molar-refractivity contribution is 7.17. The highest BCUT2D eigenvalue weighted by atomic mass is 35.5. The lowest BCUT2D eigenvalue weighted by atomic mass is 10.2. The number of unbranched alkanes of at least 4 members (excludes halogenated alkanes) is 1. The molecule has 0 fully saturated rings. The molecule has 90 valence electrons. The van der Waals surface area contributed by atoms with Gasteiger partial charge in [-0.3, -0.25) is 4.79 Å². The number of nitrogens with one attached hydrogen (secondary N) is 1. The molecule has 0 radical (unpaired) electrons. The van der Waals surface area contributed by atoms with Crippen molar-refractivity contribution in [3.63, 3.8) is 0 Å². The van der Waals surface area contributed by atoms with E-state index < -0.39 is 0 Å². The van der Waals surface area contributed by atoms with Crippen LogP contribution in [-0.2, 0) is 4.79 Å². The Morgan fingerprint density at radius 3 is 3.12 bits per heavy atom. The van der Waals surface area contributed by atoms with Crippen LogP contribution in [0.5, 0.6) is 0 Å². The summed E-state index contributed by atoms with van der Waals surface area (Å²) in [5.41, 5.74) is 3.29. The number of amides is 1. The summed E-state index contributed by atoms with van der Waals surface area (Å²) in [6.45, 7) is 2.07. The van der Waals surface area contributed by atoms with Gasteiger partial charge in [-0.25, -0.2) is 4.98 Å². The maximum atomic E-state index is 11.7. The SMILES string of the molecule is CCCCC(=O)Nc1ccc(Cl)c2ncsc12. The monoisotopic (exact) mass is 268 g/mol. The van der Waals surface area contributed by atoms with Crippen molar-refractivity contribution in [2.75, 3.05) is 5.32 Å². The molecule has 2 aromatic rings. The predicted molar refractivity (Wildman–Crippen MR) is 72.8 cm³/mol. The van der Waals surface area contributed by atoms with E-state index in [1.165, 1.54) is 11.3 Å². The lowest BCUT2D eigenvalue weighted by Gasteiger charge is -2.06. The van der Waals surface area contributed by atoms with Gasteiger partial charge in [0.15, 0.2) is 0 Å². The van der Waals surface area contributed by atoms with Crippen molar-refractivity contribution in [2.45, 2.75) is 26.2 Å². The molecule has 0 aliphatic heterocycles. The minimum absolute atomic E-state index is 0.0453. The van der Waals surface area contributed by atoms with Gasteiger partial charge < -0.3 is 5.32 Å². The van der Waals surface area contributed by atoms with Gasteiger partial charge in [-0.05, 0) is 18.6 Å². The Morgan fingerprint density at radius 1 is 1.53 bits per heavy atom. The number of fused-ring (bicyclic) bond motifs is 1. The number of hydrogen-bond acceptors (Lipinski definition) is 3. The number of benzene rings is 1. The summed E-state index contributed by atoms with van der Waals surface area (Å²) in [6, 6.07) is 3.59. The van der Waals surface area contributed by atoms with Crippen LogP contribution < -0.4 is 5.32 Å². The van der Waals surface area contributed by atoms with E-state index in [1.54, 1.807) is 11.6 Å². The zero-order valence-electron chi connectivity index (χ0n) is 9.50. The maximum Gasteiger partial charge on any atom is 0.224 e. The van der Waals surface area contributed by atoms with Crippen LogP contribution >= 0.6 is 22.9 Å². The van der Waals surface area contributed by atoms with Gasteiger partial charge >= 0.3 is 0 Å². The zero-order valence-corrected chi connectivity index (χ0v) is 11.1. The first-order valence-electron chi connectivity index (χ1n) is 5.54. The van der Waals surface area contributed by atoms with E-state index in [4.69, 9.17) is 11.6 Å². The lowest BCUT2D eigenvalue weighted by Crippen LogP contribution is -2.10. The Bertz CT molecular complexity index is 538. The Kier molecular flexibility index (Phi) is 3.97. The Morgan fingerprint density at radius 2 is 2.35 bits per heavy atom. The van der Waals surface area contributed by atoms with Crippen LogP contribution in [0.1, 0.15) is 26.2 Å². The summed E-state index contributed by atoms with van der Waals surface area (Å²) in [4.78, 5) is 15.8. The molecule has 1 aromatic heterocycles. The van der Waals surface area contributed by atoms with Crippen molar-refractivity contribution < 1.29 is 4.79 Å². The number of hydrogen-bond donors (Lipinski definition) is 1. The lowest BCUT2D eigenvalue weighted by molar-refractivity contribution is -0.116. The quantitative estimate of drug-likeness (QED) is 0.908. The molecule has 17 heavy (non-hydrogen) atoms. The minimum atomic E-state index is 0.0453. The molecule has 2 rings (SSSR count). The molecule has 0 bridgehead atoms. The molecule has 0 atom stereocenters. The molecule has 1 amide bonds. The van der Waals surface area contributed by atoms with E-state index in [2.05, 4.69) is 17.2 Å². The van der Waals surface area contributed by atoms with Crippen LogP contribution in [0, 0.1) is 0 Å². The van der Waals surface area contributed by atoms with Gasteiger partial charge in [0.25, 0.3) is 0 Å². The Balaban J connectivity index is 2.21. The van der Waals surface area contributed by atoms with Gasteiger partial charge in [0.05, 0.1) is 20.9 Å². The number of nitrogens with zero attached hydrogens (tertiary/aromatic N) is 1. The van der Waals surface area contributed by atoms with Crippen LogP contribution in [0.3, 0.4) is 0 Å². The average Bonchev–Trinajstić information content (AvgIpc) is 2.80. The predicted octanol–water partition coefficient (Wildman–Crippen LogP) is 4.08. The number of aromatic nitrogens is 1. The van der Waals surface area contributed by atoms with E-state index in [9.17, 15) is 4.79 Å². The van der Waals surface area contributed by atoms with E-state index in [1.807, 2.05) is 6.07 Å². The molecule has 3 nitrogen and oxygen atoms in total. The van der Waals surface area contributed by atoms with Crippen molar-refractivity contribution in [1.82, 2.24) is 4.98 Å². The summed E-state index contributed by atoms with van der Waals surface area (Å²) in [6.07, 6.45) is 2.48. The second-order valence-electron chi connectivity index (χ2n) is 3.78. The van der Waals surface area contributed by atoms with Gasteiger partial charge in [-0.2, -0.15) is 0 Å². The molecule has 0 aliphatic carbocycles. The van der Waals surface area contributed by atoms with Crippen molar-refractivity contribution in [3.05, 3.63) is 22.7 Å². The maximum absolute atomic E-state index is 11.7. The first-order chi connectivity index (χ1) is 8.22. The van der Waals surface area contributed by atoms with Crippen molar-refractivity contribution in [2.24, 2.45) is 0 Å². The van der Waals surface area contributed by atoms with Crippen LogP contribution in [0.25, 0.3) is 10.2 Å². The van der Waals surface area contributed by atoms with Crippen LogP contribution in [-0.4, -0.2) is 10.9 Å². The molecule has 0 aliphatic rings. The summed E-state index contributed by atoms with van der Waals surface area (Å²) in [7, 11) is 0. The largest absolute Gasteiger partial charge is 0.325 e. The number of anilines is 1. The first kappa shape index (κ1) is 12.3. The van der Waals surface area contributed by atoms with Gasteiger partial charge in [0, 0.05) is 6.42 Å². The molecule has 1 N–H and O–H groups in total. The summed E-state index contributed by atoms with van der Waals surface area (Å²) in [5, 5.41) is 3.52. The van der Waals surface area contributed by atoms with E-state index in [0.717, 1.165) is 28.7 Å². The molecule has 5 heteroatoms. The third-order valence-electron chi connectivity index (χ3n) is 2.47. The smallest absolute Gasteiger partial charge is 0.224 e. The summed E-state index contributed by atoms with van der Waals surface area (Å²) >= 11 is 7.51. The fourth-order valence-corrected chi connectivity index (χ4v) is 2.61. The van der Waals surface area contributed by atoms with Gasteiger partial charge in [0.1, 0.15) is 5.52 Å². The standard InChI is InChI=1S/C12H13ClN2OS/c1-2-3-4-10(16)15-9-6-5-8(13)11-12(9)17-7-14-11/h5-7H,2-4H2,1H3,(H,15,16). The minimum Gasteiger partial charge on any atom is -0.325 e. The van der Waals surface area contributed by atoms with E-state index in [0.29, 0.717) is 11.4 Å². The third kappa shape index (κ3) is 2.76. The number of thiazole rings is 1. The Hall–Kier alpha value is -1.13. The van der Waals surface area contributed by atoms with Gasteiger partial charge in [-0.1, -0.05) is 24.9 Å². The van der Waals surface area contributed by atoms with Crippen molar-refractivity contribution in [1.29, 1.82) is 0 Å². The number of rotatable bonds is 4. The highest BCUT2D eigenvalue weighted by Gasteiger charge is 2.09. The van der Waals surface area contributed by atoms with Gasteiger partial charge in [0.2, 0.25) is 5.91 Å². The number of carbonyl (C=O) groups excluding carboxylic acids is 1. The molecule has 1 heterocycles. The highest BCUT2D eigenvalue weighted by Crippen LogP contribution is 2.32. The van der Waals surface area contributed by atoms with Crippen molar-refractivity contribution >= 4 is 44.7 Å². The normalized spacial score (nSPS) is 10.7. The van der Waals surface area contributed by atoms with Crippen molar-refractivity contribution in [3.8, 4) is 0 Å². The second-order valence-corrected chi connectivity index (χ2v) is 5.04. The molecular formula is C12H13ClN2OS. The first-order valence-corrected chi connectivity index (χ1v) is 6.79. The molecule has 0 saturated carbocycles. The summed E-state index contributed by atoms with van der Waals surface area (Å²) < 4.78 is 0.933. The number of carbonyl (C=O) groups is 1. The molecule has 0 saturated heterocycles. The molecule has 0 unspecified atom stereocenters. The molecular weight excluding hydrogens is 256 g/mol. The third-order valence-corrected chi connectivity index (χ3v) is 3.63. The average molecular weight is 269 g/mol. The zero-order chi connectivity index (χ0) is 12.3. The molecule has 1 aromatic carbocycles. The van der Waals surface area contributed by atoms with Crippen LogP contribution in [0.15, 0.2) is 17.6 Å². The fourth-order valence-electron chi connectivity index (χ4n) is 1.57. The van der Waals surface area contributed by atoms with Gasteiger partial charge in [-0.15, -0.1) is 11.3 Å². The topological polar surface area (TPSA) is 42.0 Å². The van der Waals surface area contributed by atoms with E-state index in [-0.39, 0.29) is 5.91 Å². The fraction of sp³-hybridized carbons (Fsp3) is 0.333. The Labute approximate surface area is 109 Å². The summed E-state index contributed by atoms with van der Waals surface area (Å²) in [5.74, 6) is 0.0453. The second kappa shape index (κ2) is 5.47. The molecule has 0 spiro atoms. The number of halogens is 1. The van der Waals surface area contributed by atoms with Crippen LogP contribution in [0.2, 0.25) is 5.02 Å². The van der Waals surface area contributed by atoms with E-state index >= 15 is 0 Å². The van der Waals surface area contributed by atoms with Crippen LogP contribution in [0.4, 0.5) is 5.69 Å².